The summed E-state index contributed by atoms with van der Waals surface area (Å²) >= 11 is 0. The second-order valence-electron chi connectivity index (χ2n) is 5.84. The molecule has 0 aliphatic carbocycles. The highest BCUT2D eigenvalue weighted by Crippen LogP contribution is 2.30. The van der Waals surface area contributed by atoms with E-state index in [1.54, 1.807) is 14.2 Å². The Morgan fingerprint density at radius 3 is 2.50 bits per heavy atom. The number of nitrogens with two attached hydrogens (primary N) is 1. The predicted molar refractivity (Wildman–Crippen MR) is 95.8 cm³/mol. The number of hydrogen-bond acceptors (Lipinski definition) is 4. The van der Waals surface area contributed by atoms with Crippen molar-refractivity contribution in [2.45, 2.75) is 12.3 Å². The van der Waals surface area contributed by atoms with Crippen LogP contribution in [0.3, 0.4) is 0 Å². The SMILES string of the molecule is COc1ccc(CC(CN)c2nc3ccccc3n2C)cc1OC. The van der Waals surface area contributed by atoms with E-state index in [0.717, 1.165) is 40.3 Å². The van der Waals surface area contributed by atoms with E-state index in [1.165, 1.54) is 0 Å². The second kappa shape index (κ2) is 6.93. The Balaban J connectivity index is 1.93. The lowest BCUT2D eigenvalue weighted by atomic mass is 9.98. The summed E-state index contributed by atoms with van der Waals surface area (Å²) in [5.41, 5.74) is 9.33. The third-order valence-corrected chi connectivity index (χ3v) is 4.40. The van der Waals surface area contributed by atoms with Gasteiger partial charge in [0.25, 0.3) is 0 Å². The van der Waals surface area contributed by atoms with Crippen LogP contribution in [0.15, 0.2) is 42.5 Å². The average Bonchev–Trinajstić information content (AvgIpc) is 2.96. The Morgan fingerprint density at radius 1 is 1.08 bits per heavy atom. The van der Waals surface area contributed by atoms with Gasteiger partial charge in [0.15, 0.2) is 11.5 Å². The van der Waals surface area contributed by atoms with E-state index in [4.69, 9.17) is 20.2 Å². The fraction of sp³-hybridized carbons (Fsp3) is 0.316. The molecular formula is C19H23N3O2. The molecule has 24 heavy (non-hydrogen) atoms. The summed E-state index contributed by atoms with van der Waals surface area (Å²) in [5.74, 6) is 2.61. The number of nitrogens with zero attached hydrogens (tertiary/aromatic N) is 2. The molecule has 1 unspecified atom stereocenters. The van der Waals surface area contributed by atoms with Crippen molar-refractivity contribution >= 4 is 11.0 Å². The van der Waals surface area contributed by atoms with Crippen molar-refractivity contribution in [2.75, 3.05) is 20.8 Å². The standard InChI is InChI=1S/C19H23N3O2/c1-22-16-7-5-4-6-15(16)21-19(22)14(12-20)10-13-8-9-17(23-2)18(11-13)24-3/h4-9,11,14H,10,12,20H2,1-3H3. The van der Waals surface area contributed by atoms with Gasteiger partial charge >= 0.3 is 0 Å². The topological polar surface area (TPSA) is 62.3 Å². The fourth-order valence-corrected chi connectivity index (χ4v) is 3.10. The zero-order valence-corrected chi connectivity index (χ0v) is 14.3. The highest BCUT2D eigenvalue weighted by atomic mass is 16.5. The van der Waals surface area contributed by atoms with Crippen LogP contribution in [0.2, 0.25) is 0 Å². The molecule has 0 aliphatic rings. The van der Waals surface area contributed by atoms with Gasteiger partial charge in [0.05, 0.1) is 25.3 Å². The van der Waals surface area contributed by atoms with E-state index in [1.807, 2.05) is 43.4 Å². The van der Waals surface area contributed by atoms with Crippen LogP contribution in [0.25, 0.3) is 11.0 Å². The lowest BCUT2D eigenvalue weighted by molar-refractivity contribution is 0.354. The molecule has 0 bridgehead atoms. The zero-order valence-electron chi connectivity index (χ0n) is 14.3. The predicted octanol–water partition coefficient (Wildman–Crippen LogP) is 2.88. The molecule has 3 aromatic rings. The number of ether oxygens (including phenoxy) is 2. The first kappa shape index (κ1) is 16.3. The Bertz CT molecular complexity index is 842. The minimum Gasteiger partial charge on any atom is -0.493 e. The number of aryl methyl sites for hydroxylation is 1. The Kier molecular flexibility index (Phi) is 4.71. The lowest BCUT2D eigenvalue weighted by Crippen LogP contribution is -2.18. The summed E-state index contributed by atoms with van der Waals surface area (Å²) in [7, 11) is 5.33. The van der Waals surface area contributed by atoms with Crippen molar-refractivity contribution in [3.8, 4) is 11.5 Å². The van der Waals surface area contributed by atoms with Gasteiger partial charge in [0.2, 0.25) is 0 Å². The molecule has 0 radical (unpaired) electrons. The Hall–Kier alpha value is -2.53. The molecule has 1 heterocycles. The number of imidazole rings is 1. The van der Waals surface area contributed by atoms with Crippen molar-refractivity contribution in [1.82, 2.24) is 9.55 Å². The molecule has 1 aromatic heterocycles. The number of para-hydroxylation sites is 2. The van der Waals surface area contributed by atoms with Gasteiger partial charge in [-0.2, -0.15) is 0 Å². The van der Waals surface area contributed by atoms with Crippen LogP contribution in [0.5, 0.6) is 11.5 Å². The van der Waals surface area contributed by atoms with Gasteiger partial charge < -0.3 is 19.8 Å². The van der Waals surface area contributed by atoms with E-state index in [9.17, 15) is 0 Å². The summed E-state index contributed by atoms with van der Waals surface area (Å²) in [6, 6.07) is 14.1. The number of benzene rings is 2. The molecule has 2 N–H and O–H groups in total. The van der Waals surface area contributed by atoms with Gasteiger partial charge in [-0.15, -0.1) is 0 Å². The van der Waals surface area contributed by atoms with Crippen molar-refractivity contribution in [1.29, 1.82) is 0 Å². The molecule has 5 heteroatoms. The van der Waals surface area contributed by atoms with E-state index in [-0.39, 0.29) is 5.92 Å². The van der Waals surface area contributed by atoms with Crippen LogP contribution in [-0.2, 0) is 13.5 Å². The Labute approximate surface area is 142 Å². The second-order valence-corrected chi connectivity index (χ2v) is 5.84. The number of rotatable bonds is 6. The van der Waals surface area contributed by atoms with Crippen molar-refractivity contribution in [3.63, 3.8) is 0 Å². The normalized spacial score (nSPS) is 12.3. The van der Waals surface area contributed by atoms with Crippen LogP contribution in [0, 0.1) is 0 Å². The highest BCUT2D eigenvalue weighted by Gasteiger charge is 2.18. The van der Waals surface area contributed by atoms with Crippen LogP contribution < -0.4 is 15.2 Å². The van der Waals surface area contributed by atoms with Gasteiger partial charge in [0, 0.05) is 19.5 Å². The maximum atomic E-state index is 6.06. The average molecular weight is 325 g/mol. The minimum atomic E-state index is 0.139. The lowest BCUT2D eigenvalue weighted by Gasteiger charge is -2.16. The molecule has 5 nitrogen and oxygen atoms in total. The monoisotopic (exact) mass is 325 g/mol. The first-order valence-corrected chi connectivity index (χ1v) is 8.00. The van der Waals surface area contributed by atoms with Crippen LogP contribution >= 0.6 is 0 Å². The molecule has 126 valence electrons. The van der Waals surface area contributed by atoms with E-state index in [2.05, 4.69) is 10.6 Å². The maximum absolute atomic E-state index is 6.06. The quantitative estimate of drug-likeness (QED) is 0.757. The fourth-order valence-electron chi connectivity index (χ4n) is 3.10. The maximum Gasteiger partial charge on any atom is 0.160 e. The molecule has 0 fully saturated rings. The molecule has 0 saturated carbocycles. The summed E-state index contributed by atoms with van der Waals surface area (Å²) in [5, 5.41) is 0. The summed E-state index contributed by atoms with van der Waals surface area (Å²) in [4.78, 5) is 4.78. The molecule has 0 spiro atoms. The van der Waals surface area contributed by atoms with Gasteiger partial charge in [-0.25, -0.2) is 4.98 Å². The zero-order chi connectivity index (χ0) is 17.1. The van der Waals surface area contributed by atoms with Crippen LogP contribution in [-0.4, -0.2) is 30.3 Å². The third kappa shape index (κ3) is 2.95. The minimum absolute atomic E-state index is 0.139. The van der Waals surface area contributed by atoms with Gasteiger partial charge in [-0.1, -0.05) is 18.2 Å². The smallest absolute Gasteiger partial charge is 0.160 e. The molecule has 0 amide bonds. The van der Waals surface area contributed by atoms with Crippen LogP contribution in [0.1, 0.15) is 17.3 Å². The largest absolute Gasteiger partial charge is 0.493 e. The number of fused-ring (bicyclic) bond motifs is 1. The van der Waals surface area contributed by atoms with E-state index >= 15 is 0 Å². The molecule has 0 aliphatic heterocycles. The molecule has 2 aromatic carbocycles. The van der Waals surface area contributed by atoms with E-state index in [0.29, 0.717) is 6.54 Å². The van der Waals surface area contributed by atoms with Gasteiger partial charge in [-0.05, 0) is 36.2 Å². The number of methoxy groups -OCH3 is 2. The molecule has 3 rings (SSSR count). The summed E-state index contributed by atoms with van der Waals surface area (Å²) in [6.07, 6.45) is 0.800. The summed E-state index contributed by atoms with van der Waals surface area (Å²) in [6.45, 7) is 0.533. The third-order valence-electron chi connectivity index (χ3n) is 4.40. The van der Waals surface area contributed by atoms with Crippen LogP contribution in [0.4, 0.5) is 0 Å². The van der Waals surface area contributed by atoms with E-state index < -0.39 is 0 Å². The van der Waals surface area contributed by atoms with Gasteiger partial charge in [0.1, 0.15) is 5.82 Å². The van der Waals surface area contributed by atoms with Crippen molar-refractivity contribution in [3.05, 3.63) is 53.9 Å². The first-order valence-electron chi connectivity index (χ1n) is 8.00. The van der Waals surface area contributed by atoms with Gasteiger partial charge in [-0.3, -0.25) is 0 Å². The first-order chi connectivity index (χ1) is 11.7. The van der Waals surface area contributed by atoms with Crippen molar-refractivity contribution in [2.24, 2.45) is 12.8 Å². The molecular weight excluding hydrogens is 302 g/mol. The number of aromatic nitrogens is 2. The highest BCUT2D eigenvalue weighted by molar-refractivity contribution is 5.75. The van der Waals surface area contributed by atoms with Crippen molar-refractivity contribution < 1.29 is 9.47 Å². The molecule has 1 atom stereocenters. The Morgan fingerprint density at radius 2 is 1.83 bits per heavy atom. The summed E-state index contributed by atoms with van der Waals surface area (Å²) < 4.78 is 12.8. The molecule has 0 saturated heterocycles. The number of hydrogen-bond donors (Lipinski definition) is 1.